The Morgan fingerprint density at radius 3 is 2.90 bits per heavy atom. The highest BCUT2D eigenvalue weighted by Crippen LogP contribution is 2.30. The smallest absolute Gasteiger partial charge is 0.260 e. The van der Waals surface area contributed by atoms with E-state index in [9.17, 15) is 9.59 Å². The van der Waals surface area contributed by atoms with Crippen molar-refractivity contribution in [2.75, 3.05) is 11.1 Å². The maximum atomic E-state index is 12.7. The number of para-hydroxylation sites is 1. The summed E-state index contributed by atoms with van der Waals surface area (Å²) in [7, 11) is 0. The zero-order chi connectivity index (χ0) is 21.7. The molecule has 0 saturated carbocycles. The number of nitrogens with one attached hydrogen (secondary N) is 2. The molecule has 8 heteroatoms. The number of aryl methyl sites for hydroxylation is 1. The number of aromatic amines is 1. The zero-order valence-electron chi connectivity index (χ0n) is 17.2. The summed E-state index contributed by atoms with van der Waals surface area (Å²) in [6.07, 6.45) is 2.19. The third-order valence-electron chi connectivity index (χ3n) is 4.98. The van der Waals surface area contributed by atoms with Gasteiger partial charge in [-0.1, -0.05) is 44.2 Å². The molecule has 1 unspecified atom stereocenters. The highest BCUT2D eigenvalue weighted by atomic mass is 32.2. The van der Waals surface area contributed by atoms with Crippen LogP contribution < -0.4 is 10.9 Å². The van der Waals surface area contributed by atoms with Crippen LogP contribution in [-0.2, 0) is 11.2 Å². The molecule has 0 saturated heterocycles. The summed E-state index contributed by atoms with van der Waals surface area (Å²) < 4.78 is 0. The number of carbonyl (C=O) groups is 1. The molecule has 0 aliphatic rings. The van der Waals surface area contributed by atoms with Crippen molar-refractivity contribution in [1.29, 1.82) is 5.26 Å². The quantitative estimate of drug-likeness (QED) is 0.384. The average Bonchev–Trinajstić information content (AvgIpc) is 3.03. The summed E-state index contributed by atoms with van der Waals surface area (Å²) in [6.45, 7) is 6.38. The summed E-state index contributed by atoms with van der Waals surface area (Å²) in [5.41, 5.74) is 1.92. The molecule has 2 aromatic heterocycles. The molecule has 2 heterocycles. The first-order valence-corrected chi connectivity index (χ1v) is 11.7. The number of thiophene rings is 1. The Morgan fingerprint density at radius 1 is 1.40 bits per heavy atom. The maximum absolute atomic E-state index is 12.7. The van der Waals surface area contributed by atoms with E-state index in [-0.39, 0.29) is 17.9 Å². The van der Waals surface area contributed by atoms with Gasteiger partial charge in [0.2, 0.25) is 5.91 Å². The molecule has 1 aromatic carbocycles. The molecule has 0 aliphatic heterocycles. The van der Waals surface area contributed by atoms with Gasteiger partial charge in [-0.25, -0.2) is 4.98 Å². The van der Waals surface area contributed by atoms with Gasteiger partial charge in [0.15, 0.2) is 5.16 Å². The van der Waals surface area contributed by atoms with E-state index in [0.29, 0.717) is 33.5 Å². The predicted octanol–water partition coefficient (Wildman–Crippen LogP) is 4.87. The summed E-state index contributed by atoms with van der Waals surface area (Å²) in [6, 6.07) is 8.94. The Kier molecular flexibility index (Phi) is 7.29. The fourth-order valence-corrected chi connectivity index (χ4v) is 5.02. The number of nitriles is 1. The summed E-state index contributed by atoms with van der Waals surface area (Å²) in [5, 5.41) is 13.1. The zero-order valence-corrected chi connectivity index (χ0v) is 18.9. The number of H-pyrrole nitrogens is 1. The van der Waals surface area contributed by atoms with Crippen molar-refractivity contribution in [2.24, 2.45) is 5.92 Å². The molecule has 1 atom stereocenters. The molecule has 0 aliphatic carbocycles. The molecule has 0 spiro atoms. The van der Waals surface area contributed by atoms with Crippen LogP contribution in [0.25, 0.3) is 10.2 Å². The standard InChI is InChI=1S/C22H24N4O2S2/c1-4-13(2)11-16-14(3)30-21-19(16)20(28)25-22(26-21)29-10-9-18(27)24-17-8-6-5-7-15(17)12-23/h5-8,13H,4,9-11H2,1-3H3,(H,24,27)(H,25,26,28). The van der Waals surface area contributed by atoms with Crippen LogP contribution in [0.2, 0.25) is 0 Å². The fourth-order valence-electron chi connectivity index (χ4n) is 3.11. The first-order chi connectivity index (χ1) is 14.4. The molecule has 6 nitrogen and oxygen atoms in total. The highest BCUT2D eigenvalue weighted by Gasteiger charge is 2.17. The van der Waals surface area contributed by atoms with Gasteiger partial charge in [-0.3, -0.25) is 9.59 Å². The largest absolute Gasteiger partial charge is 0.325 e. The van der Waals surface area contributed by atoms with E-state index < -0.39 is 0 Å². The Bertz CT molecular complexity index is 1160. The lowest BCUT2D eigenvalue weighted by Crippen LogP contribution is -2.14. The highest BCUT2D eigenvalue weighted by molar-refractivity contribution is 7.99. The molecule has 30 heavy (non-hydrogen) atoms. The topological polar surface area (TPSA) is 98.6 Å². The average molecular weight is 441 g/mol. The SMILES string of the molecule is CCC(C)Cc1c(C)sc2nc(SCCC(=O)Nc3ccccc3C#N)[nH]c(=O)c12. The van der Waals surface area contributed by atoms with Crippen LogP contribution in [0.5, 0.6) is 0 Å². The molecular weight excluding hydrogens is 416 g/mol. The van der Waals surface area contributed by atoms with Crippen molar-refractivity contribution in [3.8, 4) is 6.07 Å². The second-order valence-corrected chi connectivity index (χ2v) is 9.50. The Balaban J connectivity index is 1.66. The number of rotatable bonds is 8. The molecule has 3 rings (SSSR count). The Morgan fingerprint density at radius 2 is 2.17 bits per heavy atom. The number of hydrogen-bond donors (Lipinski definition) is 2. The van der Waals surface area contributed by atoms with E-state index in [1.165, 1.54) is 11.8 Å². The Hall–Kier alpha value is -2.63. The molecule has 0 radical (unpaired) electrons. The van der Waals surface area contributed by atoms with Gasteiger partial charge in [-0.15, -0.1) is 11.3 Å². The van der Waals surface area contributed by atoms with Gasteiger partial charge in [0.25, 0.3) is 5.56 Å². The third kappa shape index (κ3) is 5.10. The maximum Gasteiger partial charge on any atom is 0.260 e. The lowest BCUT2D eigenvalue weighted by molar-refractivity contribution is -0.115. The number of hydrogen-bond acceptors (Lipinski definition) is 6. The van der Waals surface area contributed by atoms with Crippen molar-refractivity contribution >= 4 is 44.9 Å². The minimum atomic E-state index is -0.184. The minimum absolute atomic E-state index is 0.113. The van der Waals surface area contributed by atoms with Crippen LogP contribution in [0, 0.1) is 24.2 Å². The van der Waals surface area contributed by atoms with E-state index in [1.54, 1.807) is 35.6 Å². The summed E-state index contributed by atoms with van der Waals surface area (Å²) in [4.78, 5) is 34.3. The number of amides is 1. The van der Waals surface area contributed by atoms with Gasteiger partial charge in [-0.2, -0.15) is 5.26 Å². The molecule has 0 fully saturated rings. The number of anilines is 1. The van der Waals surface area contributed by atoms with Crippen LogP contribution in [-0.4, -0.2) is 21.6 Å². The first-order valence-electron chi connectivity index (χ1n) is 9.87. The third-order valence-corrected chi connectivity index (χ3v) is 6.90. The van der Waals surface area contributed by atoms with Gasteiger partial charge in [0.05, 0.1) is 16.6 Å². The lowest BCUT2D eigenvalue weighted by atomic mass is 9.98. The van der Waals surface area contributed by atoms with Crippen LogP contribution in [0.4, 0.5) is 5.69 Å². The van der Waals surface area contributed by atoms with Gasteiger partial charge in [-0.05, 0) is 37.0 Å². The number of carbonyl (C=O) groups excluding carboxylic acids is 1. The van der Waals surface area contributed by atoms with E-state index in [0.717, 1.165) is 28.1 Å². The molecule has 1 amide bonds. The van der Waals surface area contributed by atoms with Crippen LogP contribution in [0.15, 0.2) is 34.2 Å². The number of benzene rings is 1. The second kappa shape index (κ2) is 9.92. The van der Waals surface area contributed by atoms with Crippen LogP contribution in [0.3, 0.4) is 0 Å². The summed E-state index contributed by atoms with van der Waals surface area (Å²) >= 11 is 2.90. The van der Waals surface area contributed by atoms with Gasteiger partial charge in [0, 0.05) is 17.1 Å². The van der Waals surface area contributed by atoms with Crippen molar-refractivity contribution in [3.63, 3.8) is 0 Å². The van der Waals surface area contributed by atoms with Crippen molar-refractivity contribution in [3.05, 3.63) is 50.6 Å². The first kappa shape index (κ1) is 22.1. The van der Waals surface area contributed by atoms with Gasteiger partial charge < -0.3 is 10.3 Å². The summed E-state index contributed by atoms with van der Waals surface area (Å²) in [5.74, 6) is 0.801. The van der Waals surface area contributed by atoms with Crippen molar-refractivity contribution in [2.45, 2.75) is 45.2 Å². The monoisotopic (exact) mass is 440 g/mol. The minimum Gasteiger partial charge on any atom is -0.325 e. The molecule has 3 aromatic rings. The fraction of sp³-hybridized carbons (Fsp3) is 0.364. The number of nitrogens with zero attached hydrogens (tertiary/aromatic N) is 2. The van der Waals surface area contributed by atoms with Gasteiger partial charge in [0.1, 0.15) is 10.9 Å². The molecule has 0 bridgehead atoms. The molecular formula is C22H24N4O2S2. The van der Waals surface area contributed by atoms with Crippen LogP contribution in [0.1, 0.15) is 42.7 Å². The number of fused-ring (bicyclic) bond motifs is 1. The molecule has 2 N–H and O–H groups in total. The molecule has 156 valence electrons. The van der Waals surface area contributed by atoms with E-state index in [2.05, 4.69) is 35.2 Å². The van der Waals surface area contributed by atoms with Gasteiger partial charge >= 0.3 is 0 Å². The predicted molar refractivity (Wildman–Crippen MR) is 123 cm³/mol. The van der Waals surface area contributed by atoms with E-state index >= 15 is 0 Å². The van der Waals surface area contributed by atoms with Crippen molar-refractivity contribution in [1.82, 2.24) is 9.97 Å². The van der Waals surface area contributed by atoms with Crippen molar-refractivity contribution < 1.29 is 4.79 Å². The number of thioether (sulfide) groups is 1. The normalized spacial score (nSPS) is 11.9. The van der Waals surface area contributed by atoms with Crippen LogP contribution >= 0.6 is 23.1 Å². The lowest BCUT2D eigenvalue weighted by Gasteiger charge is -2.08. The van der Waals surface area contributed by atoms with E-state index in [4.69, 9.17) is 5.26 Å². The number of aromatic nitrogens is 2. The Labute approximate surface area is 183 Å². The van der Waals surface area contributed by atoms with E-state index in [1.807, 2.05) is 6.92 Å². The second-order valence-electron chi connectivity index (χ2n) is 7.21.